The number of nitrogens with one attached hydrogen (secondary N) is 2. The normalized spacial score (nSPS) is 10.8. The van der Waals surface area contributed by atoms with E-state index in [0.717, 1.165) is 16.9 Å². The van der Waals surface area contributed by atoms with E-state index in [2.05, 4.69) is 20.8 Å². The van der Waals surface area contributed by atoms with Crippen LogP contribution < -0.4 is 15.4 Å². The van der Waals surface area contributed by atoms with Gasteiger partial charge in [-0.1, -0.05) is 47.2 Å². The van der Waals surface area contributed by atoms with Crippen LogP contribution in [0.1, 0.15) is 15.9 Å². The summed E-state index contributed by atoms with van der Waals surface area (Å²) in [4.78, 5) is 25.3. The van der Waals surface area contributed by atoms with Gasteiger partial charge >= 0.3 is 0 Å². The maximum atomic E-state index is 12.9. The maximum absolute atomic E-state index is 12.9. The Morgan fingerprint density at radius 2 is 1.68 bits per heavy atom. The van der Waals surface area contributed by atoms with Gasteiger partial charge < -0.3 is 10.1 Å². The van der Waals surface area contributed by atoms with Gasteiger partial charge in [0.1, 0.15) is 10.8 Å². The molecule has 1 aromatic heterocycles. The van der Waals surface area contributed by atoms with Crippen molar-refractivity contribution >= 4 is 51.6 Å². The lowest BCUT2D eigenvalue weighted by atomic mass is 10.1. The lowest BCUT2D eigenvalue weighted by Crippen LogP contribution is -2.16. The third-order valence-corrected chi connectivity index (χ3v) is 5.85. The smallest absolute Gasteiger partial charge is 0.259 e. The van der Waals surface area contributed by atoms with Gasteiger partial charge in [-0.25, -0.2) is 0 Å². The molecule has 0 saturated carbocycles. The number of halogens is 1. The minimum atomic E-state index is -0.407. The first-order valence-corrected chi connectivity index (χ1v) is 11.3. The summed E-state index contributed by atoms with van der Waals surface area (Å²) >= 11 is 7.12. The molecule has 2 N–H and O–H groups in total. The van der Waals surface area contributed by atoms with E-state index in [9.17, 15) is 9.59 Å². The maximum Gasteiger partial charge on any atom is 0.259 e. The molecule has 170 valence electrons. The number of hydrogen-bond acceptors (Lipinski definition) is 6. The Bertz CT molecular complexity index is 1340. The Morgan fingerprint density at radius 1 is 0.941 bits per heavy atom. The number of nitrogens with zero attached hydrogens (tertiary/aromatic N) is 2. The summed E-state index contributed by atoms with van der Waals surface area (Å²) < 4.78 is 5.16. The largest absolute Gasteiger partial charge is 0.497 e. The molecule has 0 fully saturated rings. The van der Waals surface area contributed by atoms with Crippen LogP contribution in [-0.4, -0.2) is 29.1 Å². The second-order valence-corrected chi connectivity index (χ2v) is 8.43. The van der Waals surface area contributed by atoms with Crippen LogP contribution in [0.2, 0.25) is 5.02 Å². The quantitative estimate of drug-likeness (QED) is 0.321. The van der Waals surface area contributed by atoms with Crippen LogP contribution in [0.25, 0.3) is 16.6 Å². The van der Waals surface area contributed by atoms with E-state index in [1.54, 1.807) is 61.7 Å². The van der Waals surface area contributed by atoms with Crippen molar-refractivity contribution in [2.75, 3.05) is 17.7 Å². The van der Waals surface area contributed by atoms with E-state index in [1.807, 2.05) is 24.3 Å². The molecule has 0 spiro atoms. The number of amides is 2. The molecule has 4 rings (SSSR count). The van der Waals surface area contributed by atoms with Gasteiger partial charge in [0, 0.05) is 16.7 Å². The van der Waals surface area contributed by atoms with Crippen molar-refractivity contribution in [3.63, 3.8) is 0 Å². The van der Waals surface area contributed by atoms with Gasteiger partial charge in [-0.15, -0.1) is 10.2 Å². The fourth-order valence-corrected chi connectivity index (χ4v) is 3.87. The fraction of sp³-hybridized carbons (Fsp3) is 0.0400. The molecule has 0 unspecified atom stereocenters. The van der Waals surface area contributed by atoms with E-state index in [1.165, 1.54) is 17.4 Å². The van der Waals surface area contributed by atoms with Crippen molar-refractivity contribution in [1.82, 2.24) is 10.2 Å². The Morgan fingerprint density at radius 3 is 2.41 bits per heavy atom. The predicted molar refractivity (Wildman–Crippen MR) is 135 cm³/mol. The standard InChI is InChI=1S/C25H19ClN4O3S/c1-33-19-13-9-17(10-14-19)24-29-30-25(34-24)28-23(32)20-4-2-3-5-21(20)27-22(31)15-8-16-6-11-18(26)12-7-16/h2-15H,1H3,(H,27,31)(H,28,30,32)/b15-8+. The number of para-hydroxylation sites is 1. The molecular formula is C25H19ClN4O3S. The van der Waals surface area contributed by atoms with Crippen molar-refractivity contribution in [3.05, 3.63) is 95.0 Å². The molecule has 0 aliphatic heterocycles. The second kappa shape index (κ2) is 10.7. The first kappa shape index (κ1) is 23.2. The Labute approximate surface area is 205 Å². The molecule has 0 saturated heterocycles. The number of hydrogen-bond donors (Lipinski definition) is 2. The number of carbonyl (C=O) groups excluding carboxylic acids is 2. The van der Waals surface area contributed by atoms with Crippen molar-refractivity contribution in [2.24, 2.45) is 0 Å². The SMILES string of the molecule is COc1ccc(-c2nnc(NC(=O)c3ccccc3NC(=O)/C=C/c3ccc(Cl)cc3)s2)cc1. The topological polar surface area (TPSA) is 93.2 Å². The molecule has 4 aromatic rings. The highest BCUT2D eigenvalue weighted by atomic mass is 35.5. The molecule has 0 aliphatic carbocycles. The first-order valence-electron chi connectivity index (χ1n) is 10.1. The summed E-state index contributed by atoms with van der Waals surface area (Å²) in [5.74, 6) is -0.0358. The van der Waals surface area contributed by atoms with Gasteiger partial charge in [0.15, 0.2) is 0 Å². The molecule has 0 aliphatic rings. The van der Waals surface area contributed by atoms with Gasteiger partial charge in [-0.05, 0) is 60.2 Å². The number of anilines is 2. The van der Waals surface area contributed by atoms with Crippen molar-refractivity contribution in [3.8, 4) is 16.3 Å². The molecular weight excluding hydrogens is 472 g/mol. The zero-order chi connectivity index (χ0) is 23.9. The highest BCUT2D eigenvalue weighted by molar-refractivity contribution is 7.18. The number of methoxy groups -OCH3 is 1. The molecule has 0 radical (unpaired) electrons. The number of benzene rings is 3. The average Bonchev–Trinajstić information content (AvgIpc) is 3.32. The number of ether oxygens (including phenoxy) is 1. The van der Waals surface area contributed by atoms with Gasteiger partial charge in [0.25, 0.3) is 5.91 Å². The average molecular weight is 491 g/mol. The minimum absolute atomic E-state index is 0.303. The van der Waals surface area contributed by atoms with Crippen LogP contribution >= 0.6 is 22.9 Å². The van der Waals surface area contributed by atoms with E-state index in [-0.39, 0.29) is 5.91 Å². The highest BCUT2D eigenvalue weighted by Gasteiger charge is 2.15. The summed E-state index contributed by atoms with van der Waals surface area (Å²) in [7, 11) is 1.60. The lowest BCUT2D eigenvalue weighted by Gasteiger charge is -2.09. The van der Waals surface area contributed by atoms with Crippen molar-refractivity contribution < 1.29 is 14.3 Å². The van der Waals surface area contributed by atoms with E-state index in [4.69, 9.17) is 16.3 Å². The summed E-state index contributed by atoms with van der Waals surface area (Å²) in [6.45, 7) is 0. The zero-order valence-corrected chi connectivity index (χ0v) is 19.6. The number of carbonyl (C=O) groups is 2. The van der Waals surface area contributed by atoms with Crippen LogP contribution in [0.3, 0.4) is 0 Å². The Balaban J connectivity index is 1.43. The molecule has 9 heteroatoms. The molecule has 34 heavy (non-hydrogen) atoms. The van der Waals surface area contributed by atoms with Crippen LogP contribution in [0.4, 0.5) is 10.8 Å². The number of aromatic nitrogens is 2. The third-order valence-electron chi connectivity index (χ3n) is 4.71. The number of rotatable bonds is 7. The second-order valence-electron chi connectivity index (χ2n) is 7.01. The highest BCUT2D eigenvalue weighted by Crippen LogP contribution is 2.28. The molecule has 2 amide bonds. The van der Waals surface area contributed by atoms with E-state index in [0.29, 0.717) is 26.4 Å². The van der Waals surface area contributed by atoms with E-state index < -0.39 is 5.91 Å². The monoisotopic (exact) mass is 490 g/mol. The zero-order valence-electron chi connectivity index (χ0n) is 18.0. The molecule has 7 nitrogen and oxygen atoms in total. The molecule has 0 bridgehead atoms. The van der Waals surface area contributed by atoms with E-state index >= 15 is 0 Å². The Kier molecular flexibility index (Phi) is 7.31. The fourth-order valence-electron chi connectivity index (χ4n) is 3.00. The third kappa shape index (κ3) is 5.86. The summed E-state index contributed by atoms with van der Waals surface area (Å²) in [5.41, 5.74) is 2.37. The van der Waals surface area contributed by atoms with Crippen molar-refractivity contribution in [1.29, 1.82) is 0 Å². The Hall–Kier alpha value is -4.01. The van der Waals surface area contributed by atoms with Crippen molar-refractivity contribution in [2.45, 2.75) is 0 Å². The first-order chi connectivity index (χ1) is 16.5. The lowest BCUT2D eigenvalue weighted by molar-refractivity contribution is -0.111. The van der Waals surface area contributed by atoms with Gasteiger partial charge in [-0.3, -0.25) is 14.9 Å². The van der Waals surface area contributed by atoms with Crippen LogP contribution in [0, 0.1) is 0 Å². The molecule has 3 aromatic carbocycles. The minimum Gasteiger partial charge on any atom is -0.497 e. The van der Waals surface area contributed by atoms with Crippen LogP contribution in [-0.2, 0) is 4.79 Å². The summed E-state index contributed by atoms with van der Waals surface area (Å²) in [5, 5.41) is 15.3. The predicted octanol–water partition coefficient (Wildman–Crippen LogP) is 5.77. The van der Waals surface area contributed by atoms with Gasteiger partial charge in [-0.2, -0.15) is 0 Å². The molecule has 1 heterocycles. The van der Waals surface area contributed by atoms with Crippen LogP contribution in [0.5, 0.6) is 5.75 Å². The van der Waals surface area contributed by atoms with Gasteiger partial charge in [0.05, 0.1) is 18.4 Å². The summed E-state index contributed by atoms with van der Waals surface area (Å²) in [6, 6.07) is 21.2. The summed E-state index contributed by atoms with van der Waals surface area (Å²) in [6.07, 6.45) is 3.06. The van der Waals surface area contributed by atoms with Crippen LogP contribution in [0.15, 0.2) is 78.9 Å². The van der Waals surface area contributed by atoms with Gasteiger partial charge in [0.2, 0.25) is 11.0 Å². The molecule has 0 atom stereocenters.